The number of primary amides is 1. The number of halogens is 2. The fourth-order valence-corrected chi connectivity index (χ4v) is 5.31. The highest BCUT2D eigenvalue weighted by Gasteiger charge is 2.20. The van der Waals surface area contributed by atoms with Gasteiger partial charge in [0.05, 0.1) is 56.1 Å². The highest BCUT2D eigenvalue weighted by molar-refractivity contribution is 14.1. The second-order valence-electron chi connectivity index (χ2n) is 8.82. The van der Waals surface area contributed by atoms with Gasteiger partial charge in [-0.05, 0) is 81.6 Å². The number of hydrogen-bond donors (Lipinski definition) is 1. The lowest BCUT2D eigenvalue weighted by Crippen LogP contribution is -2.12. The smallest absolute Gasteiger partial charge is 0.359 e. The Morgan fingerprint density at radius 3 is 1.60 bits per heavy atom. The standard InChI is InChI=1S/C15H12IN3O3.C14H11IN4O2/c1-21-13-7-11-12(8-17-13)19(18-14(11)15(20)22-2)10-5-3-4-9(16)6-10;1-21-12-6-10-11(7-17-12)19(18-13(10)14(16)20)9-4-2-3-8(15)5-9/h3-8H,1-2H3;2-7H,1H3,(H2,16,20). The molecular weight excluding hydrogens is 780 g/mol. The van der Waals surface area contributed by atoms with Crippen LogP contribution < -0.4 is 15.2 Å². The normalized spacial score (nSPS) is 10.7. The molecule has 0 unspecified atom stereocenters. The molecule has 0 atom stereocenters. The number of carbonyl (C=O) groups is 2. The molecule has 6 aromatic rings. The van der Waals surface area contributed by atoms with Crippen LogP contribution in [0.25, 0.3) is 33.2 Å². The fraction of sp³-hybridized carbons (Fsp3) is 0.103. The number of aromatic nitrogens is 6. The lowest BCUT2D eigenvalue weighted by Gasteiger charge is -2.04. The minimum Gasteiger partial charge on any atom is -0.481 e. The average Bonchev–Trinajstić information content (AvgIpc) is 3.59. The number of esters is 1. The number of hydrogen-bond acceptors (Lipinski definition) is 9. The zero-order valence-corrected chi connectivity index (χ0v) is 27.3. The van der Waals surface area contributed by atoms with Gasteiger partial charge in [-0.25, -0.2) is 24.1 Å². The molecule has 4 aromatic heterocycles. The van der Waals surface area contributed by atoms with Gasteiger partial charge in [-0.2, -0.15) is 10.2 Å². The third-order valence-corrected chi connectivity index (χ3v) is 7.56. The molecule has 43 heavy (non-hydrogen) atoms. The van der Waals surface area contributed by atoms with Crippen molar-refractivity contribution in [3.05, 3.63) is 91.6 Å². The van der Waals surface area contributed by atoms with Crippen LogP contribution in [-0.4, -0.2) is 62.7 Å². The van der Waals surface area contributed by atoms with E-state index in [1.54, 1.807) is 33.9 Å². The van der Waals surface area contributed by atoms with Crippen molar-refractivity contribution in [2.75, 3.05) is 21.3 Å². The summed E-state index contributed by atoms with van der Waals surface area (Å²) in [7, 11) is 4.37. The molecule has 0 saturated carbocycles. The molecule has 12 nitrogen and oxygen atoms in total. The number of ether oxygens (including phenoxy) is 3. The number of amides is 1. The molecule has 2 N–H and O–H groups in total. The molecule has 6 rings (SSSR count). The van der Waals surface area contributed by atoms with E-state index in [-0.39, 0.29) is 11.4 Å². The highest BCUT2D eigenvalue weighted by atomic mass is 127. The summed E-state index contributed by atoms with van der Waals surface area (Å²) in [6, 6.07) is 18.9. The van der Waals surface area contributed by atoms with Crippen LogP contribution >= 0.6 is 45.2 Å². The van der Waals surface area contributed by atoms with Gasteiger partial charge in [0.25, 0.3) is 5.91 Å². The van der Waals surface area contributed by atoms with Crippen molar-refractivity contribution < 1.29 is 23.8 Å². The predicted molar refractivity (Wildman–Crippen MR) is 176 cm³/mol. The Bertz CT molecular complexity index is 1990. The molecule has 0 fully saturated rings. The Hall–Kier alpha value is -4.32. The van der Waals surface area contributed by atoms with Crippen molar-refractivity contribution in [3.8, 4) is 23.1 Å². The molecule has 1 amide bonds. The van der Waals surface area contributed by atoms with Crippen molar-refractivity contribution in [3.63, 3.8) is 0 Å². The summed E-state index contributed by atoms with van der Waals surface area (Å²) >= 11 is 4.45. The van der Waals surface area contributed by atoms with Crippen LogP contribution in [0.3, 0.4) is 0 Å². The monoisotopic (exact) mass is 803 g/mol. The van der Waals surface area contributed by atoms with Crippen LogP contribution in [0.5, 0.6) is 11.8 Å². The van der Waals surface area contributed by atoms with E-state index in [2.05, 4.69) is 65.3 Å². The SMILES string of the molecule is COC(=O)c1nn(-c2cccc(I)c2)c2cnc(OC)cc12.COc1cc2c(C(N)=O)nn(-c3cccc(I)c3)c2cn1. The van der Waals surface area contributed by atoms with Crippen LogP contribution in [0.4, 0.5) is 0 Å². The Morgan fingerprint density at radius 1 is 0.721 bits per heavy atom. The number of carbonyl (C=O) groups excluding carboxylic acids is 2. The van der Waals surface area contributed by atoms with Crippen molar-refractivity contribution in [1.82, 2.24) is 29.5 Å². The third kappa shape index (κ3) is 6.24. The van der Waals surface area contributed by atoms with E-state index in [0.717, 1.165) is 18.5 Å². The first-order valence-corrected chi connectivity index (χ1v) is 14.6. The minimum absolute atomic E-state index is 0.199. The van der Waals surface area contributed by atoms with E-state index in [1.807, 2.05) is 48.5 Å². The molecule has 0 aliphatic carbocycles. The van der Waals surface area contributed by atoms with Gasteiger partial charge in [-0.15, -0.1) is 0 Å². The molecule has 0 aliphatic rings. The lowest BCUT2D eigenvalue weighted by molar-refractivity contribution is 0.0595. The maximum Gasteiger partial charge on any atom is 0.359 e. The van der Waals surface area contributed by atoms with E-state index < -0.39 is 11.9 Å². The summed E-state index contributed by atoms with van der Waals surface area (Å²) in [5.74, 6) is -0.257. The van der Waals surface area contributed by atoms with Crippen molar-refractivity contribution in [1.29, 1.82) is 0 Å². The van der Waals surface area contributed by atoms with Crippen molar-refractivity contribution >= 4 is 78.9 Å². The van der Waals surface area contributed by atoms with Gasteiger partial charge in [-0.1, -0.05) is 12.1 Å². The first-order valence-electron chi connectivity index (χ1n) is 12.5. The van der Waals surface area contributed by atoms with E-state index in [9.17, 15) is 9.59 Å². The first-order chi connectivity index (χ1) is 20.7. The number of methoxy groups -OCH3 is 3. The van der Waals surface area contributed by atoms with Crippen molar-refractivity contribution in [2.45, 2.75) is 0 Å². The average molecular weight is 803 g/mol. The fourth-order valence-electron chi connectivity index (χ4n) is 4.25. The van der Waals surface area contributed by atoms with Crippen LogP contribution in [0.15, 0.2) is 73.1 Å². The molecular formula is C29H23I2N7O5. The number of pyridine rings is 2. The van der Waals surface area contributed by atoms with Gasteiger partial charge in [0, 0.05) is 30.0 Å². The van der Waals surface area contributed by atoms with Gasteiger partial charge < -0.3 is 19.9 Å². The van der Waals surface area contributed by atoms with Gasteiger partial charge in [0.2, 0.25) is 11.8 Å². The van der Waals surface area contributed by atoms with Gasteiger partial charge in [0.1, 0.15) is 0 Å². The zero-order valence-electron chi connectivity index (χ0n) is 23.0. The highest BCUT2D eigenvalue weighted by Crippen LogP contribution is 2.27. The largest absolute Gasteiger partial charge is 0.481 e. The summed E-state index contributed by atoms with van der Waals surface area (Å²) in [5.41, 5.74) is 8.94. The topological polar surface area (TPSA) is 149 Å². The van der Waals surface area contributed by atoms with Gasteiger partial charge in [-0.3, -0.25) is 4.79 Å². The summed E-state index contributed by atoms with van der Waals surface area (Å²) in [6.07, 6.45) is 3.25. The Kier molecular flexibility index (Phi) is 9.05. The number of benzene rings is 2. The Balaban J connectivity index is 0.000000171. The van der Waals surface area contributed by atoms with Crippen LogP contribution in [0.1, 0.15) is 21.0 Å². The molecule has 0 bridgehead atoms. The number of fused-ring (bicyclic) bond motifs is 2. The van der Waals surface area contributed by atoms with Crippen LogP contribution in [-0.2, 0) is 4.74 Å². The molecule has 4 heterocycles. The van der Waals surface area contributed by atoms with E-state index in [4.69, 9.17) is 19.9 Å². The summed E-state index contributed by atoms with van der Waals surface area (Å²) in [6.45, 7) is 0. The molecule has 0 saturated heterocycles. The van der Waals surface area contributed by atoms with Crippen LogP contribution in [0.2, 0.25) is 0 Å². The molecule has 14 heteroatoms. The van der Waals surface area contributed by atoms with Crippen molar-refractivity contribution in [2.24, 2.45) is 5.73 Å². The minimum atomic E-state index is -0.586. The maximum absolute atomic E-state index is 12.0. The van der Waals surface area contributed by atoms with Gasteiger partial charge >= 0.3 is 5.97 Å². The molecule has 2 aromatic carbocycles. The molecule has 0 aliphatic heterocycles. The zero-order chi connectivity index (χ0) is 30.7. The Labute approximate surface area is 272 Å². The number of nitrogens with two attached hydrogens (primary N) is 1. The second-order valence-corrected chi connectivity index (χ2v) is 11.3. The third-order valence-electron chi connectivity index (χ3n) is 6.22. The summed E-state index contributed by atoms with van der Waals surface area (Å²) in [4.78, 5) is 32.0. The molecule has 0 radical (unpaired) electrons. The van der Waals surface area contributed by atoms with E-state index in [0.29, 0.717) is 33.6 Å². The van der Waals surface area contributed by atoms with Gasteiger partial charge in [0.15, 0.2) is 11.4 Å². The maximum atomic E-state index is 12.0. The molecule has 0 spiro atoms. The number of rotatable bonds is 6. The lowest BCUT2D eigenvalue weighted by atomic mass is 10.2. The number of nitrogens with zero attached hydrogens (tertiary/aromatic N) is 6. The van der Waals surface area contributed by atoms with Crippen LogP contribution in [0, 0.1) is 7.14 Å². The quantitative estimate of drug-likeness (QED) is 0.182. The summed E-state index contributed by atoms with van der Waals surface area (Å²) < 4.78 is 20.5. The predicted octanol–water partition coefficient (Wildman–Crippen LogP) is 4.95. The summed E-state index contributed by atoms with van der Waals surface area (Å²) in [5, 5.41) is 9.96. The first kappa shape index (κ1) is 30.1. The molecule has 218 valence electrons. The van der Waals surface area contributed by atoms with E-state index >= 15 is 0 Å². The Morgan fingerprint density at radius 2 is 1.19 bits per heavy atom. The van der Waals surface area contributed by atoms with E-state index in [1.165, 1.54) is 21.3 Å². The second kappa shape index (κ2) is 12.9.